The number of β-amino-alcohol motifs (C(OH)–C–C–N with tert-alkyl or cyclic N) is 2. The Hall–Kier alpha value is -1.41. The molecule has 1 heterocycles. The van der Waals surface area contributed by atoms with Gasteiger partial charge in [0.15, 0.2) is 0 Å². The van der Waals surface area contributed by atoms with Crippen molar-refractivity contribution in [2.24, 2.45) is 0 Å². The van der Waals surface area contributed by atoms with Gasteiger partial charge >= 0.3 is 0 Å². The highest BCUT2D eigenvalue weighted by atomic mass is 16.3. The highest BCUT2D eigenvalue weighted by Gasteiger charge is 2.34. The molecule has 1 unspecified atom stereocenters. The largest absolute Gasteiger partial charge is 0.389 e. The first-order valence-electron chi connectivity index (χ1n) is 5.74. The van der Waals surface area contributed by atoms with Crippen LogP contribution in [0.15, 0.2) is 30.3 Å². The molecule has 1 aromatic rings. The second kappa shape index (κ2) is 5.28. The van der Waals surface area contributed by atoms with Gasteiger partial charge in [-0.15, -0.1) is 0 Å². The predicted molar refractivity (Wildman–Crippen MR) is 63.0 cm³/mol. The Morgan fingerprint density at radius 1 is 1.24 bits per heavy atom. The zero-order chi connectivity index (χ0) is 12.3. The molecule has 4 heteroatoms. The Balaban J connectivity index is 2.17. The smallest absolute Gasteiger partial charge is 0.0938 e. The van der Waals surface area contributed by atoms with E-state index >= 15 is 0 Å². The number of benzene rings is 1. The van der Waals surface area contributed by atoms with Gasteiger partial charge in [0.05, 0.1) is 24.7 Å². The maximum atomic E-state index is 9.56. The van der Waals surface area contributed by atoms with Crippen molar-refractivity contribution in [3.8, 4) is 6.07 Å². The van der Waals surface area contributed by atoms with Crippen LogP contribution in [0, 0.1) is 11.3 Å². The van der Waals surface area contributed by atoms with Crippen molar-refractivity contribution in [3.63, 3.8) is 0 Å². The van der Waals surface area contributed by atoms with Gasteiger partial charge in [0.2, 0.25) is 0 Å². The minimum Gasteiger partial charge on any atom is -0.389 e. The lowest BCUT2D eigenvalue weighted by Gasteiger charge is -2.25. The van der Waals surface area contributed by atoms with E-state index in [1.54, 1.807) is 0 Å². The molecule has 0 amide bonds. The fraction of sp³-hybridized carbons (Fsp3) is 0.462. The summed E-state index contributed by atoms with van der Waals surface area (Å²) in [5, 5.41) is 28.0. The summed E-state index contributed by atoms with van der Waals surface area (Å²) in [7, 11) is 0. The molecular formula is C13H16N2O2. The van der Waals surface area contributed by atoms with E-state index in [2.05, 4.69) is 6.07 Å². The molecular weight excluding hydrogens is 216 g/mol. The monoisotopic (exact) mass is 232 g/mol. The van der Waals surface area contributed by atoms with Crippen LogP contribution < -0.4 is 0 Å². The highest BCUT2D eigenvalue weighted by molar-refractivity contribution is 5.20. The van der Waals surface area contributed by atoms with Gasteiger partial charge in [-0.25, -0.2) is 0 Å². The van der Waals surface area contributed by atoms with Gasteiger partial charge < -0.3 is 10.2 Å². The van der Waals surface area contributed by atoms with Crippen LogP contribution in [0.5, 0.6) is 0 Å². The molecule has 1 saturated heterocycles. The average Bonchev–Trinajstić information content (AvgIpc) is 2.67. The Morgan fingerprint density at radius 2 is 1.82 bits per heavy atom. The van der Waals surface area contributed by atoms with Crippen molar-refractivity contribution in [1.29, 1.82) is 5.26 Å². The quantitative estimate of drug-likeness (QED) is 0.804. The van der Waals surface area contributed by atoms with Crippen LogP contribution in [0.25, 0.3) is 0 Å². The number of aliphatic hydroxyl groups is 2. The van der Waals surface area contributed by atoms with Gasteiger partial charge in [-0.1, -0.05) is 30.3 Å². The Labute approximate surface area is 101 Å². The van der Waals surface area contributed by atoms with Gasteiger partial charge in [0.1, 0.15) is 0 Å². The predicted octanol–water partition coefficient (Wildman–Crippen LogP) is 0.679. The molecule has 2 rings (SSSR count). The van der Waals surface area contributed by atoms with Crippen LogP contribution in [0.2, 0.25) is 0 Å². The zero-order valence-corrected chi connectivity index (χ0v) is 9.53. The maximum Gasteiger partial charge on any atom is 0.0938 e. The maximum absolute atomic E-state index is 9.56. The fourth-order valence-electron chi connectivity index (χ4n) is 2.27. The first-order chi connectivity index (χ1) is 8.22. The van der Waals surface area contributed by atoms with Crippen molar-refractivity contribution in [2.75, 3.05) is 13.1 Å². The molecule has 1 aliphatic heterocycles. The van der Waals surface area contributed by atoms with E-state index in [0.29, 0.717) is 19.5 Å². The van der Waals surface area contributed by atoms with E-state index in [-0.39, 0.29) is 6.04 Å². The third-order valence-electron chi connectivity index (χ3n) is 3.20. The van der Waals surface area contributed by atoms with Crippen molar-refractivity contribution < 1.29 is 10.2 Å². The van der Waals surface area contributed by atoms with Crippen molar-refractivity contribution in [3.05, 3.63) is 35.9 Å². The topological polar surface area (TPSA) is 67.5 Å². The van der Waals surface area contributed by atoms with Crippen LogP contribution in [-0.4, -0.2) is 40.4 Å². The second-order valence-electron chi connectivity index (χ2n) is 4.38. The van der Waals surface area contributed by atoms with Crippen LogP contribution in [0.4, 0.5) is 0 Å². The molecule has 4 nitrogen and oxygen atoms in total. The van der Waals surface area contributed by atoms with Crippen LogP contribution >= 0.6 is 0 Å². The first-order valence-corrected chi connectivity index (χ1v) is 5.74. The van der Waals surface area contributed by atoms with Gasteiger partial charge in [0, 0.05) is 19.1 Å². The molecule has 3 atom stereocenters. The van der Waals surface area contributed by atoms with E-state index in [1.807, 2.05) is 35.2 Å². The first kappa shape index (κ1) is 12.1. The molecule has 0 saturated carbocycles. The van der Waals surface area contributed by atoms with E-state index in [9.17, 15) is 10.2 Å². The molecule has 90 valence electrons. The van der Waals surface area contributed by atoms with Crippen molar-refractivity contribution in [2.45, 2.75) is 24.7 Å². The molecule has 0 aliphatic carbocycles. The Morgan fingerprint density at radius 3 is 2.35 bits per heavy atom. The summed E-state index contributed by atoms with van der Waals surface area (Å²) in [4.78, 5) is 1.97. The Bertz CT molecular complexity index is 392. The molecule has 2 N–H and O–H groups in total. The fourth-order valence-corrected chi connectivity index (χ4v) is 2.27. The third kappa shape index (κ3) is 2.64. The van der Waals surface area contributed by atoms with Crippen molar-refractivity contribution >= 4 is 0 Å². The molecule has 0 aromatic heterocycles. The number of likely N-dealkylation sites (tertiary alicyclic amines) is 1. The lowest BCUT2D eigenvalue weighted by molar-refractivity contribution is 0.0572. The van der Waals surface area contributed by atoms with Gasteiger partial charge in [-0.3, -0.25) is 4.90 Å². The summed E-state index contributed by atoms with van der Waals surface area (Å²) in [6.45, 7) is 0.838. The number of aliphatic hydroxyl groups excluding tert-OH is 2. The summed E-state index contributed by atoms with van der Waals surface area (Å²) in [5.74, 6) is 0. The summed E-state index contributed by atoms with van der Waals surface area (Å²) in [6, 6.07) is 11.9. The zero-order valence-electron chi connectivity index (χ0n) is 9.53. The van der Waals surface area contributed by atoms with Crippen LogP contribution in [0.1, 0.15) is 18.0 Å². The molecule has 1 aromatic carbocycles. The van der Waals surface area contributed by atoms with E-state index in [1.165, 1.54) is 0 Å². The van der Waals surface area contributed by atoms with E-state index < -0.39 is 12.2 Å². The minimum absolute atomic E-state index is 0.0481. The SMILES string of the molecule is N#CCC(c1ccccc1)N1C[C@@H](O)[C@@H](O)C1. The van der Waals surface area contributed by atoms with Crippen molar-refractivity contribution in [1.82, 2.24) is 4.90 Å². The summed E-state index contributed by atoms with van der Waals surface area (Å²) < 4.78 is 0. The van der Waals surface area contributed by atoms with Gasteiger partial charge in [-0.05, 0) is 5.56 Å². The number of rotatable bonds is 3. The normalized spacial score (nSPS) is 26.6. The molecule has 0 spiro atoms. The number of nitriles is 1. The Kier molecular flexibility index (Phi) is 3.75. The summed E-state index contributed by atoms with van der Waals surface area (Å²) >= 11 is 0. The molecule has 0 bridgehead atoms. The highest BCUT2D eigenvalue weighted by Crippen LogP contribution is 2.27. The molecule has 1 fully saturated rings. The number of hydrogen-bond acceptors (Lipinski definition) is 4. The molecule has 17 heavy (non-hydrogen) atoms. The lowest BCUT2D eigenvalue weighted by atomic mass is 10.0. The summed E-state index contributed by atoms with van der Waals surface area (Å²) in [5.41, 5.74) is 1.05. The lowest BCUT2D eigenvalue weighted by Crippen LogP contribution is -2.27. The minimum atomic E-state index is -0.708. The summed E-state index contributed by atoms with van der Waals surface area (Å²) in [6.07, 6.45) is -1.05. The van der Waals surface area contributed by atoms with Crippen LogP contribution in [0.3, 0.4) is 0 Å². The molecule has 0 radical (unpaired) electrons. The molecule has 1 aliphatic rings. The number of nitrogens with zero attached hydrogens (tertiary/aromatic N) is 2. The third-order valence-corrected chi connectivity index (χ3v) is 3.20. The number of hydrogen-bond donors (Lipinski definition) is 2. The van der Waals surface area contributed by atoms with Crippen LogP contribution in [-0.2, 0) is 0 Å². The van der Waals surface area contributed by atoms with E-state index in [4.69, 9.17) is 5.26 Å². The van der Waals surface area contributed by atoms with Gasteiger partial charge in [0.25, 0.3) is 0 Å². The standard InChI is InChI=1S/C13H16N2O2/c14-7-6-11(10-4-2-1-3-5-10)15-8-12(16)13(17)9-15/h1-5,11-13,16-17H,6,8-9H2/t11?,12-,13+. The van der Waals surface area contributed by atoms with Gasteiger partial charge in [-0.2, -0.15) is 5.26 Å². The second-order valence-corrected chi connectivity index (χ2v) is 4.38. The average molecular weight is 232 g/mol. The van der Waals surface area contributed by atoms with E-state index in [0.717, 1.165) is 5.56 Å².